The van der Waals surface area contributed by atoms with E-state index in [1.165, 1.54) is 11.1 Å². The molecule has 1 aliphatic rings. The van der Waals surface area contributed by atoms with Gasteiger partial charge in [-0.15, -0.1) is 0 Å². The van der Waals surface area contributed by atoms with E-state index < -0.39 is 0 Å². The van der Waals surface area contributed by atoms with Crippen LogP contribution in [0.25, 0.3) is 0 Å². The summed E-state index contributed by atoms with van der Waals surface area (Å²) in [5, 5.41) is 4.26. The highest BCUT2D eigenvalue weighted by atomic mass is 35.5. The Bertz CT molecular complexity index is 390. The number of aryl methyl sites for hydroxylation is 1. The molecule has 0 bridgehead atoms. The number of ether oxygens (including phenoxy) is 1. The molecule has 17 heavy (non-hydrogen) atoms. The van der Waals surface area contributed by atoms with Gasteiger partial charge in [-0.05, 0) is 42.6 Å². The largest absolute Gasteiger partial charge is 0.493 e. The Morgan fingerprint density at radius 2 is 2.24 bits per heavy atom. The summed E-state index contributed by atoms with van der Waals surface area (Å²) in [7, 11) is 0. The van der Waals surface area contributed by atoms with Crippen LogP contribution in [-0.2, 0) is 12.8 Å². The van der Waals surface area contributed by atoms with E-state index in [1.54, 1.807) is 0 Å². The average Bonchev–Trinajstić information content (AvgIpc) is 2.71. The standard InChI is InChI=1S/C14H20ClNO/c1-10(2)16-6-3-4-11-8-13(15)9-12-5-7-17-14(11)12/h8-10,16H,3-7H2,1-2H3. The monoisotopic (exact) mass is 253 g/mol. The fraction of sp³-hybridized carbons (Fsp3) is 0.571. The van der Waals surface area contributed by atoms with Gasteiger partial charge in [0.05, 0.1) is 6.61 Å². The number of hydrogen-bond acceptors (Lipinski definition) is 2. The molecule has 0 atom stereocenters. The van der Waals surface area contributed by atoms with Crippen molar-refractivity contribution in [2.75, 3.05) is 13.2 Å². The molecule has 0 amide bonds. The van der Waals surface area contributed by atoms with Gasteiger partial charge in [0.2, 0.25) is 0 Å². The van der Waals surface area contributed by atoms with Crippen LogP contribution in [0, 0.1) is 0 Å². The van der Waals surface area contributed by atoms with Gasteiger partial charge in [-0.2, -0.15) is 0 Å². The molecule has 0 spiro atoms. The van der Waals surface area contributed by atoms with Crippen LogP contribution in [0.2, 0.25) is 5.02 Å². The number of halogens is 1. The number of fused-ring (bicyclic) bond motifs is 1. The third-order valence-electron chi connectivity index (χ3n) is 3.00. The summed E-state index contributed by atoms with van der Waals surface area (Å²) in [6.45, 7) is 6.17. The fourth-order valence-electron chi connectivity index (χ4n) is 2.20. The molecule has 0 radical (unpaired) electrons. The Morgan fingerprint density at radius 3 is 3.00 bits per heavy atom. The first-order valence-corrected chi connectivity index (χ1v) is 6.72. The van der Waals surface area contributed by atoms with Gasteiger partial charge < -0.3 is 10.1 Å². The van der Waals surface area contributed by atoms with Gasteiger partial charge in [-0.3, -0.25) is 0 Å². The molecule has 0 aromatic heterocycles. The Hall–Kier alpha value is -0.730. The van der Waals surface area contributed by atoms with Crippen LogP contribution in [0.5, 0.6) is 5.75 Å². The zero-order valence-electron chi connectivity index (χ0n) is 10.6. The van der Waals surface area contributed by atoms with Crippen LogP contribution in [0.1, 0.15) is 31.4 Å². The fourth-order valence-corrected chi connectivity index (χ4v) is 2.46. The minimum absolute atomic E-state index is 0.552. The van der Waals surface area contributed by atoms with Crippen molar-refractivity contribution in [2.24, 2.45) is 0 Å². The highest BCUT2D eigenvalue weighted by Crippen LogP contribution is 2.33. The van der Waals surface area contributed by atoms with Crippen molar-refractivity contribution in [2.45, 2.75) is 39.2 Å². The number of hydrogen-bond donors (Lipinski definition) is 1. The molecule has 2 nitrogen and oxygen atoms in total. The minimum Gasteiger partial charge on any atom is -0.493 e. The maximum absolute atomic E-state index is 6.12. The lowest BCUT2D eigenvalue weighted by atomic mass is 10.0. The summed E-state index contributed by atoms with van der Waals surface area (Å²) in [6, 6.07) is 4.62. The van der Waals surface area contributed by atoms with Gasteiger partial charge in [-0.1, -0.05) is 25.4 Å². The lowest BCUT2D eigenvalue weighted by molar-refractivity contribution is 0.353. The third kappa shape index (κ3) is 3.36. The van der Waals surface area contributed by atoms with E-state index in [-0.39, 0.29) is 0 Å². The van der Waals surface area contributed by atoms with Crippen molar-refractivity contribution in [1.29, 1.82) is 0 Å². The van der Waals surface area contributed by atoms with Crippen LogP contribution >= 0.6 is 11.6 Å². The summed E-state index contributed by atoms with van der Waals surface area (Å²) in [5.74, 6) is 1.08. The van der Waals surface area contributed by atoms with Crippen molar-refractivity contribution < 1.29 is 4.74 Å². The van der Waals surface area contributed by atoms with Gasteiger partial charge in [-0.25, -0.2) is 0 Å². The predicted molar refractivity (Wildman–Crippen MR) is 72.1 cm³/mol. The molecule has 1 heterocycles. The molecule has 0 fully saturated rings. The molecule has 94 valence electrons. The highest BCUT2D eigenvalue weighted by Gasteiger charge is 2.17. The second-order valence-electron chi connectivity index (χ2n) is 4.86. The van der Waals surface area contributed by atoms with Crippen LogP contribution in [0.15, 0.2) is 12.1 Å². The number of benzene rings is 1. The molecule has 2 rings (SSSR count). The molecule has 0 unspecified atom stereocenters. The first kappa shape index (κ1) is 12.7. The average molecular weight is 254 g/mol. The van der Waals surface area contributed by atoms with Crippen LogP contribution in [0.3, 0.4) is 0 Å². The van der Waals surface area contributed by atoms with Crippen LogP contribution < -0.4 is 10.1 Å². The zero-order chi connectivity index (χ0) is 12.3. The maximum atomic E-state index is 6.12. The SMILES string of the molecule is CC(C)NCCCc1cc(Cl)cc2c1OCC2. The second kappa shape index (κ2) is 5.74. The number of nitrogens with one attached hydrogen (secondary N) is 1. The van der Waals surface area contributed by atoms with Crippen molar-refractivity contribution in [1.82, 2.24) is 5.32 Å². The summed E-state index contributed by atoms with van der Waals surface area (Å²) in [5.41, 5.74) is 2.53. The molecular formula is C14H20ClNO. The van der Waals surface area contributed by atoms with Gasteiger partial charge in [0, 0.05) is 17.5 Å². The molecule has 0 saturated carbocycles. The maximum Gasteiger partial charge on any atom is 0.125 e. The highest BCUT2D eigenvalue weighted by molar-refractivity contribution is 6.30. The third-order valence-corrected chi connectivity index (χ3v) is 3.22. The van der Waals surface area contributed by atoms with E-state index in [9.17, 15) is 0 Å². The van der Waals surface area contributed by atoms with E-state index in [0.717, 1.165) is 43.2 Å². The molecule has 1 aromatic rings. The van der Waals surface area contributed by atoms with Crippen molar-refractivity contribution in [3.05, 3.63) is 28.3 Å². The Morgan fingerprint density at radius 1 is 1.41 bits per heavy atom. The predicted octanol–water partition coefficient (Wildman–Crippen LogP) is 3.21. The van der Waals surface area contributed by atoms with Gasteiger partial charge in [0.25, 0.3) is 0 Å². The summed E-state index contributed by atoms with van der Waals surface area (Å²) < 4.78 is 5.68. The van der Waals surface area contributed by atoms with Crippen molar-refractivity contribution >= 4 is 11.6 Å². The topological polar surface area (TPSA) is 21.3 Å². The second-order valence-corrected chi connectivity index (χ2v) is 5.30. The quantitative estimate of drug-likeness (QED) is 0.814. The Labute approximate surface area is 108 Å². The summed E-state index contributed by atoms with van der Waals surface area (Å²) in [6.07, 6.45) is 3.14. The van der Waals surface area contributed by atoms with Gasteiger partial charge in [0.1, 0.15) is 5.75 Å². The molecule has 1 aromatic carbocycles. The molecule has 1 N–H and O–H groups in total. The molecular weight excluding hydrogens is 234 g/mol. The van der Waals surface area contributed by atoms with Crippen LogP contribution in [0.4, 0.5) is 0 Å². The minimum atomic E-state index is 0.552. The summed E-state index contributed by atoms with van der Waals surface area (Å²) in [4.78, 5) is 0. The van der Waals surface area contributed by atoms with Gasteiger partial charge >= 0.3 is 0 Å². The van der Waals surface area contributed by atoms with E-state index in [2.05, 4.69) is 19.2 Å². The van der Waals surface area contributed by atoms with Crippen molar-refractivity contribution in [3.8, 4) is 5.75 Å². The normalized spacial score (nSPS) is 13.9. The zero-order valence-corrected chi connectivity index (χ0v) is 11.3. The first-order valence-electron chi connectivity index (χ1n) is 6.34. The van der Waals surface area contributed by atoms with E-state index in [1.807, 2.05) is 12.1 Å². The Balaban J connectivity index is 1.96. The lowest BCUT2D eigenvalue weighted by Gasteiger charge is -2.10. The molecule has 0 saturated heterocycles. The molecule has 0 aliphatic carbocycles. The van der Waals surface area contributed by atoms with E-state index in [0.29, 0.717) is 6.04 Å². The Kier molecular flexibility index (Phi) is 4.30. The lowest BCUT2D eigenvalue weighted by Crippen LogP contribution is -2.23. The van der Waals surface area contributed by atoms with Crippen molar-refractivity contribution in [3.63, 3.8) is 0 Å². The van der Waals surface area contributed by atoms with E-state index >= 15 is 0 Å². The van der Waals surface area contributed by atoms with Gasteiger partial charge in [0.15, 0.2) is 0 Å². The van der Waals surface area contributed by atoms with Crippen LogP contribution in [-0.4, -0.2) is 19.2 Å². The summed E-state index contributed by atoms with van der Waals surface area (Å²) >= 11 is 6.12. The molecule has 1 aliphatic heterocycles. The van der Waals surface area contributed by atoms with E-state index in [4.69, 9.17) is 16.3 Å². The number of rotatable bonds is 5. The first-order chi connectivity index (χ1) is 8.16. The molecule has 3 heteroatoms. The smallest absolute Gasteiger partial charge is 0.125 e.